The Bertz CT molecular complexity index is 661. The van der Waals surface area contributed by atoms with Crippen LogP contribution < -0.4 is 10.5 Å². The van der Waals surface area contributed by atoms with Gasteiger partial charge in [0.15, 0.2) is 0 Å². The number of nitrogens with zero attached hydrogens (tertiary/aromatic N) is 2. The number of benzene rings is 1. The molecule has 2 N–H and O–H groups in total. The molecule has 1 atom stereocenters. The maximum absolute atomic E-state index is 11.0. The highest BCUT2D eigenvalue weighted by molar-refractivity contribution is 5.66. The molecule has 1 unspecified atom stereocenters. The number of anilines is 1. The number of nitrogens with one attached hydrogen (secondary N) is 1. The van der Waals surface area contributed by atoms with E-state index in [0.717, 1.165) is 35.5 Å². The SMILES string of the molecule is Cc1cc(-c2ccc(=O)[nH]n2)ccc1N1CCC(O)C1. The van der Waals surface area contributed by atoms with Gasteiger partial charge in [-0.1, -0.05) is 6.07 Å². The molecule has 1 fully saturated rings. The van der Waals surface area contributed by atoms with Gasteiger partial charge in [-0.15, -0.1) is 0 Å². The zero-order chi connectivity index (χ0) is 14.1. The van der Waals surface area contributed by atoms with E-state index in [1.807, 2.05) is 6.07 Å². The monoisotopic (exact) mass is 271 g/mol. The van der Waals surface area contributed by atoms with Crippen LogP contribution in [0.25, 0.3) is 11.3 Å². The van der Waals surface area contributed by atoms with Crippen molar-refractivity contribution in [2.24, 2.45) is 0 Å². The van der Waals surface area contributed by atoms with Crippen molar-refractivity contribution in [2.45, 2.75) is 19.4 Å². The van der Waals surface area contributed by atoms with E-state index in [9.17, 15) is 9.90 Å². The maximum Gasteiger partial charge on any atom is 0.264 e. The number of rotatable bonds is 2. The number of aliphatic hydroxyl groups is 1. The van der Waals surface area contributed by atoms with Crippen molar-refractivity contribution in [1.29, 1.82) is 0 Å². The molecule has 1 saturated heterocycles. The Balaban J connectivity index is 1.91. The van der Waals surface area contributed by atoms with Crippen LogP contribution in [0.3, 0.4) is 0 Å². The Morgan fingerprint density at radius 3 is 2.80 bits per heavy atom. The first-order valence-electron chi connectivity index (χ1n) is 6.73. The van der Waals surface area contributed by atoms with Gasteiger partial charge in [0.2, 0.25) is 0 Å². The first kappa shape index (κ1) is 12.9. The summed E-state index contributed by atoms with van der Waals surface area (Å²) in [6.07, 6.45) is 0.595. The molecule has 1 aliphatic heterocycles. The number of hydrogen-bond acceptors (Lipinski definition) is 4. The second kappa shape index (κ2) is 5.09. The van der Waals surface area contributed by atoms with E-state index in [0.29, 0.717) is 6.54 Å². The third-order valence-electron chi connectivity index (χ3n) is 3.68. The molecule has 5 heteroatoms. The third-order valence-corrected chi connectivity index (χ3v) is 3.68. The van der Waals surface area contributed by atoms with Crippen molar-refractivity contribution in [3.63, 3.8) is 0 Å². The highest BCUT2D eigenvalue weighted by Gasteiger charge is 2.21. The summed E-state index contributed by atoms with van der Waals surface area (Å²) in [4.78, 5) is 13.2. The topological polar surface area (TPSA) is 69.2 Å². The lowest BCUT2D eigenvalue weighted by atomic mass is 10.1. The molecule has 0 amide bonds. The van der Waals surface area contributed by atoms with Gasteiger partial charge in [0.1, 0.15) is 0 Å². The molecule has 1 aliphatic rings. The van der Waals surface area contributed by atoms with Crippen molar-refractivity contribution < 1.29 is 5.11 Å². The predicted molar refractivity (Wildman–Crippen MR) is 77.9 cm³/mol. The minimum Gasteiger partial charge on any atom is -0.391 e. The zero-order valence-electron chi connectivity index (χ0n) is 11.3. The minimum atomic E-state index is -0.227. The van der Waals surface area contributed by atoms with Gasteiger partial charge >= 0.3 is 0 Å². The zero-order valence-corrected chi connectivity index (χ0v) is 11.3. The molecule has 0 radical (unpaired) electrons. The molecule has 0 spiro atoms. The Labute approximate surface area is 116 Å². The van der Waals surface area contributed by atoms with Crippen LogP contribution in [0, 0.1) is 6.92 Å². The smallest absolute Gasteiger partial charge is 0.264 e. The fourth-order valence-corrected chi connectivity index (χ4v) is 2.64. The van der Waals surface area contributed by atoms with Gasteiger partial charge in [0.05, 0.1) is 11.8 Å². The van der Waals surface area contributed by atoms with E-state index in [2.05, 4.69) is 34.2 Å². The summed E-state index contributed by atoms with van der Waals surface area (Å²) in [6, 6.07) is 9.29. The number of hydrogen-bond donors (Lipinski definition) is 2. The predicted octanol–water partition coefficient (Wildman–Crippen LogP) is 1.32. The number of β-amino-alcohol motifs (C(OH)–C–C–N with tert-alkyl or cyclic N) is 1. The van der Waals surface area contributed by atoms with Crippen molar-refractivity contribution in [2.75, 3.05) is 18.0 Å². The van der Waals surface area contributed by atoms with E-state index in [1.54, 1.807) is 6.07 Å². The van der Waals surface area contributed by atoms with Crippen LogP contribution in [0.2, 0.25) is 0 Å². The summed E-state index contributed by atoms with van der Waals surface area (Å²) in [5, 5.41) is 16.1. The van der Waals surface area contributed by atoms with Crippen LogP contribution in [-0.4, -0.2) is 34.5 Å². The molecular weight excluding hydrogens is 254 g/mol. The number of H-pyrrole nitrogens is 1. The summed E-state index contributed by atoms with van der Waals surface area (Å²) < 4.78 is 0. The summed E-state index contributed by atoms with van der Waals surface area (Å²) >= 11 is 0. The van der Waals surface area contributed by atoms with Crippen LogP contribution >= 0.6 is 0 Å². The van der Waals surface area contributed by atoms with Gasteiger partial charge in [-0.3, -0.25) is 4.79 Å². The van der Waals surface area contributed by atoms with Gasteiger partial charge < -0.3 is 10.0 Å². The first-order chi connectivity index (χ1) is 9.63. The molecule has 3 rings (SSSR count). The minimum absolute atomic E-state index is 0.201. The Kier molecular flexibility index (Phi) is 3.28. The molecule has 1 aromatic heterocycles. The number of aromatic amines is 1. The molecule has 2 aromatic rings. The van der Waals surface area contributed by atoms with Crippen LogP contribution in [0.15, 0.2) is 35.1 Å². The molecule has 0 aliphatic carbocycles. The van der Waals surface area contributed by atoms with E-state index >= 15 is 0 Å². The van der Waals surface area contributed by atoms with Crippen molar-refractivity contribution in [3.8, 4) is 11.3 Å². The van der Waals surface area contributed by atoms with E-state index in [4.69, 9.17) is 0 Å². The lowest BCUT2D eigenvalue weighted by Gasteiger charge is -2.20. The number of aromatic nitrogens is 2. The second-order valence-electron chi connectivity index (χ2n) is 5.20. The van der Waals surface area contributed by atoms with E-state index in [1.165, 1.54) is 6.07 Å². The van der Waals surface area contributed by atoms with Gasteiger partial charge in [-0.25, -0.2) is 5.10 Å². The molecular formula is C15H17N3O2. The summed E-state index contributed by atoms with van der Waals surface area (Å²) in [7, 11) is 0. The largest absolute Gasteiger partial charge is 0.391 e. The van der Waals surface area contributed by atoms with Crippen molar-refractivity contribution >= 4 is 5.69 Å². The number of aliphatic hydroxyl groups excluding tert-OH is 1. The Hall–Kier alpha value is -2.14. The van der Waals surface area contributed by atoms with Crippen molar-refractivity contribution in [3.05, 3.63) is 46.2 Å². The van der Waals surface area contributed by atoms with Crippen LogP contribution in [0.4, 0.5) is 5.69 Å². The standard InChI is InChI=1S/C15H17N3O2/c1-10-8-11(13-3-5-15(20)17-16-13)2-4-14(10)18-7-6-12(19)9-18/h2-5,8,12,19H,6-7,9H2,1H3,(H,17,20). The molecule has 5 nitrogen and oxygen atoms in total. The van der Waals surface area contributed by atoms with Crippen LogP contribution in [0.1, 0.15) is 12.0 Å². The molecule has 1 aromatic carbocycles. The van der Waals surface area contributed by atoms with E-state index < -0.39 is 0 Å². The number of aryl methyl sites for hydroxylation is 1. The molecule has 0 bridgehead atoms. The molecule has 0 saturated carbocycles. The molecule has 2 heterocycles. The first-order valence-corrected chi connectivity index (χ1v) is 6.73. The van der Waals surface area contributed by atoms with Crippen LogP contribution in [-0.2, 0) is 0 Å². The second-order valence-corrected chi connectivity index (χ2v) is 5.20. The molecule has 20 heavy (non-hydrogen) atoms. The Morgan fingerprint density at radius 2 is 2.20 bits per heavy atom. The fraction of sp³-hybridized carbons (Fsp3) is 0.333. The average molecular weight is 271 g/mol. The summed E-state index contributed by atoms with van der Waals surface area (Å²) in [5.41, 5.74) is 3.82. The van der Waals surface area contributed by atoms with Crippen molar-refractivity contribution in [1.82, 2.24) is 10.2 Å². The highest BCUT2D eigenvalue weighted by Crippen LogP contribution is 2.28. The van der Waals surface area contributed by atoms with Gasteiger partial charge in [0.25, 0.3) is 5.56 Å². The Morgan fingerprint density at radius 1 is 1.35 bits per heavy atom. The van der Waals surface area contributed by atoms with E-state index in [-0.39, 0.29) is 11.7 Å². The lowest BCUT2D eigenvalue weighted by molar-refractivity contribution is 0.198. The van der Waals surface area contributed by atoms with Gasteiger partial charge in [-0.05, 0) is 37.1 Å². The highest BCUT2D eigenvalue weighted by atomic mass is 16.3. The lowest BCUT2D eigenvalue weighted by Crippen LogP contribution is -2.21. The quantitative estimate of drug-likeness (QED) is 0.864. The average Bonchev–Trinajstić information content (AvgIpc) is 2.86. The van der Waals surface area contributed by atoms with Gasteiger partial charge in [-0.2, -0.15) is 5.10 Å². The maximum atomic E-state index is 11.0. The normalized spacial score (nSPS) is 18.5. The summed E-state index contributed by atoms with van der Waals surface area (Å²) in [5.74, 6) is 0. The van der Waals surface area contributed by atoms with Gasteiger partial charge in [0, 0.05) is 30.4 Å². The molecule has 104 valence electrons. The third kappa shape index (κ3) is 2.44. The summed E-state index contributed by atoms with van der Waals surface area (Å²) in [6.45, 7) is 3.63. The fourth-order valence-electron chi connectivity index (χ4n) is 2.64. The van der Waals surface area contributed by atoms with Crippen LogP contribution in [0.5, 0.6) is 0 Å².